The van der Waals surface area contributed by atoms with Crippen LogP contribution in [-0.2, 0) is 0 Å². The Kier molecular flexibility index (Phi) is 3.57. The summed E-state index contributed by atoms with van der Waals surface area (Å²) in [5, 5.41) is 13.7. The van der Waals surface area contributed by atoms with Crippen molar-refractivity contribution in [2.75, 3.05) is 0 Å². The Morgan fingerprint density at radius 2 is 2.44 bits per heavy atom. The average molecular weight is 235 g/mol. The number of nitrogens with one attached hydrogen (secondary N) is 1. The third-order valence-electron chi connectivity index (χ3n) is 3.16. The van der Waals surface area contributed by atoms with E-state index < -0.39 is 0 Å². The van der Waals surface area contributed by atoms with Gasteiger partial charge in [-0.25, -0.2) is 4.98 Å². The molecule has 0 spiro atoms. The summed E-state index contributed by atoms with van der Waals surface area (Å²) in [7, 11) is 0. The van der Waals surface area contributed by atoms with Crippen molar-refractivity contribution in [3.05, 3.63) is 16.1 Å². The predicted molar refractivity (Wildman–Crippen MR) is 65.1 cm³/mol. The first kappa shape index (κ1) is 11.6. The Morgan fingerprint density at radius 3 is 3.06 bits per heavy atom. The van der Waals surface area contributed by atoms with E-state index in [1.165, 1.54) is 11.3 Å². The monoisotopic (exact) mass is 235 g/mol. The van der Waals surface area contributed by atoms with E-state index in [1.807, 2.05) is 6.20 Å². The van der Waals surface area contributed by atoms with Crippen molar-refractivity contribution >= 4 is 11.3 Å². The summed E-state index contributed by atoms with van der Waals surface area (Å²) in [5.41, 5.74) is 0. The van der Waals surface area contributed by atoms with E-state index in [0.717, 1.165) is 17.8 Å². The first-order valence-electron chi connectivity index (χ1n) is 5.78. The van der Waals surface area contributed by atoms with Gasteiger partial charge in [0.2, 0.25) is 0 Å². The molecule has 0 radical (unpaired) electrons. The summed E-state index contributed by atoms with van der Waals surface area (Å²) >= 11 is 1.73. The minimum Gasteiger partial charge on any atom is -0.304 e. The number of nitrogens with zero attached hydrogens (tertiary/aromatic N) is 2. The van der Waals surface area contributed by atoms with Crippen LogP contribution in [0.3, 0.4) is 0 Å². The van der Waals surface area contributed by atoms with Crippen LogP contribution < -0.4 is 5.32 Å². The highest BCUT2D eigenvalue weighted by Gasteiger charge is 2.28. The Balaban J connectivity index is 1.97. The normalized spacial score (nSPS) is 26.6. The number of rotatable bonds is 3. The largest absolute Gasteiger partial charge is 0.304 e. The van der Waals surface area contributed by atoms with Gasteiger partial charge in [-0.3, -0.25) is 0 Å². The number of hydrogen-bond acceptors (Lipinski definition) is 4. The predicted octanol–water partition coefficient (Wildman–Crippen LogP) is 2.79. The molecule has 3 unspecified atom stereocenters. The second-order valence-corrected chi connectivity index (χ2v) is 5.74. The van der Waals surface area contributed by atoms with Gasteiger partial charge in [-0.2, -0.15) is 5.26 Å². The summed E-state index contributed by atoms with van der Waals surface area (Å²) in [5.74, 6) is 0.184. The third kappa shape index (κ3) is 2.42. The number of thiazole rings is 1. The lowest BCUT2D eigenvalue weighted by atomic mass is 10.1. The summed E-state index contributed by atoms with van der Waals surface area (Å²) in [6.45, 7) is 4.20. The lowest BCUT2D eigenvalue weighted by Crippen LogP contribution is -2.33. The number of nitriles is 1. The molecule has 1 heterocycles. The van der Waals surface area contributed by atoms with Crippen molar-refractivity contribution in [1.29, 1.82) is 5.26 Å². The molecule has 16 heavy (non-hydrogen) atoms. The molecular formula is C12H17N3S. The lowest BCUT2D eigenvalue weighted by Gasteiger charge is -2.19. The molecule has 0 aromatic carbocycles. The zero-order chi connectivity index (χ0) is 11.5. The summed E-state index contributed by atoms with van der Waals surface area (Å²) in [6.07, 6.45) is 5.23. The van der Waals surface area contributed by atoms with Crippen molar-refractivity contribution in [2.45, 2.75) is 45.2 Å². The van der Waals surface area contributed by atoms with Crippen molar-refractivity contribution in [1.82, 2.24) is 10.3 Å². The molecule has 2 rings (SSSR count). The van der Waals surface area contributed by atoms with Crippen LogP contribution in [0.2, 0.25) is 0 Å². The molecule has 0 bridgehead atoms. The zero-order valence-electron chi connectivity index (χ0n) is 9.73. The molecule has 1 N–H and O–H groups in total. The van der Waals surface area contributed by atoms with Crippen LogP contribution in [0.5, 0.6) is 0 Å². The van der Waals surface area contributed by atoms with Gasteiger partial charge in [0.15, 0.2) is 0 Å². The van der Waals surface area contributed by atoms with Gasteiger partial charge in [0.1, 0.15) is 5.01 Å². The molecule has 0 saturated heterocycles. The van der Waals surface area contributed by atoms with E-state index in [0.29, 0.717) is 6.04 Å². The minimum atomic E-state index is 0.184. The van der Waals surface area contributed by atoms with Gasteiger partial charge in [-0.15, -0.1) is 11.3 Å². The van der Waals surface area contributed by atoms with Gasteiger partial charge in [-0.05, 0) is 26.7 Å². The van der Waals surface area contributed by atoms with E-state index in [-0.39, 0.29) is 12.0 Å². The molecule has 1 aromatic heterocycles. The highest BCUT2D eigenvalue weighted by atomic mass is 32.1. The van der Waals surface area contributed by atoms with Gasteiger partial charge in [0, 0.05) is 17.1 Å². The van der Waals surface area contributed by atoms with Gasteiger partial charge in [-0.1, -0.05) is 6.42 Å². The van der Waals surface area contributed by atoms with E-state index >= 15 is 0 Å². The van der Waals surface area contributed by atoms with Crippen molar-refractivity contribution in [2.24, 2.45) is 5.92 Å². The van der Waals surface area contributed by atoms with E-state index in [9.17, 15) is 0 Å². The molecule has 0 aliphatic heterocycles. The van der Waals surface area contributed by atoms with Gasteiger partial charge >= 0.3 is 0 Å². The van der Waals surface area contributed by atoms with Gasteiger partial charge in [0.25, 0.3) is 0 Å². The fraction of sp³-hybridized carbons (Fsp3) is 0.667. The molecule has 1 aliphatic carbocycles. The first-order valence-corrected chi connectivity index (χ1v) is 6.60. The fourth-order valence-electron chi connectivity index (χ4n) is 2.28. The van der Waals surface area contributed by atoms with Crippen molar-refractivity contribution < 1.29 is 0 Å². The Labute approximate surface area is 101 Å². The SMILES string of the molecule is Cc1cnc(C(C)NC2CCCC2C#N)s1. The maximum absolute atomic E-state index is 9.02. The van der Waals surface area contributed by atoms with Crippen LogP contribution >= 0.6 is 11.3 Å². The van der Waals surface area contributed by atoms with Crippen molar-refractivity contribution in [3.63, 3.8) is 0 Å². The van der Waals surface area contributed by atoms with Crippen LogP contribution in [0.25, 0.3) is 0 Å². The molecule has 4 heteroatoms. The Morgan fingerprint density at radius 1 is 1.62 bits per heavy atom. The molecule has 3 atom stereocenters. The molecule has 1 saturated carbocycles. The molecule has 1 aromatic rings. The standard InChI is InChI=1S/C12H17N3S/c1-8-7-14-12(16-8)9(2)15-11-5-3-4-10(11)6-13/h7,9-11,15H,3-5H2,1-2H3. The highest BCUT2D eigenvalue weighted by molar-refractivity contribution is 7.11. The zero-order valence-corrected chi connectivity index (χ0v) is 10.5. The molecule has 0 amide bonds. The first-order chi connectivity index (χ1) is 7.70. The van der Waals surface area contributed by atoms with Crippen LogP contribution in [0.1, 0.15) is 42.1 Å². The Bertz CT molecular complexity index is 393. The lowest BCUT2D eigenvalue weighted by molar-refractivity contribution is 0.417. The quantitative estimate of drug-likeness (QED) is 0.876. The molecule has 86 valence electrons. The smallest absolute Gasteiger partial charge is 0.109 e. The topological polar surface area (TPSA) is 48.7 Å². The third-order valence-corrected chi connectivity index (χ3v) is 4.25. The van der Waals surface area contributed by atoms with Crippen LogP contribution in [0.15, 0.2) is 6.20 Å². The second-order valence-electron chi connectivity index (χ2n) is 4.47. The van der Waals surface area contributed by atoms with E-state index in [1.54, 1.807) is 11.3 Å². The molecule has 1 aliphatic rings. The Hall–Kier alpha value is -0.920. The maximum Gasteiger partial charge on any atom is 0.109 e. The molecular weight excluding hydrogens is 218 g/mol. The van der Waals surface area contributed by atoms with E-state index in [4.69, 9.17) is 5.26 Å². The van der Waals surface area contributed by atoms with Gasteiger partial charge < -0.3 is 5.32 Å². The summed E-state index contributed by atoms with van der Waals surface area (Å²) < 4.78 is 0. The van der Waals surface area contributed by atoms with Crippen LogP contribution in [-0.4, -0.2) is 11.0 Å². The number of hydrogen-bond donors (Lipinski definition) is 1. The maximum atomic E-state index is 9.02. The minimum absolute atomic E-state index is 0.184. The van der Waals surface area contributed by atoms with Crippen LogP contribution in [0, 0.1) is 24.2 Å². The fourth-order valence-corrected chi connectivity index (χ4v) is 3.06. The number of aryl methyl sites for hydroxylation is 1. The summed E-state index contributed by atoms with van der Waals surface area (Å²) in [4.78, 5) is 5.62. The van der Waals surface area contributed by atoms with Crippen LogP contribution in [0.4, 0.5) is 0 Å². The second kappa shape index (κ2) is 4.94. The average Bonchev–Trinajstić information content (AvgIpc) is 2.86. The highest BCUT2D eigenvalue weighted by Crippen LogP contribution is 2.28. The molecule has 1 fully saturated rings. The van der Waals surface area contributed by atoms with E-state index in [2.05, 4.69) is 30.2 Å². The molecule has 3 nitrogen and oxygen atoms in total. The number of aromatic nitrogens is 1. The summed E-state index contributed by atoms with van der Waals surface area (Å²) in [6, 6.07) is 3.01. The van der Waals surface area contributed by atoms with Gasteiger partial charge in [0.05, 0.1) is 18.0 Å². The van der Waals surface area contributed by atoms with Crippen molar-refractivity contribution in [3.8, 4) is 6.07 Å².